The van der Waals surface area contributed by atoms with Crippen LogP contribution in [0.25, 0.3) is 0 Å². The number of hydrogen-bond acceptors (Lipinski definition) is 6. The fourth-order valence-corrected chi connectivity index (χ4v) is 3.45. The molecule has 0 saturated carbocycles. The van der Waals surface area contributed by atoms with Gasteiger partial charge in [-0.1, -0.05) is 36.0 Å². The maximum atomic E-state index is 12.3. The number of allylic oxidation sites excluding steroid dienone is 1. The Balaban J connectivity index is 1.58. The minimum Gasteiger partial charge on any atom is -0.486 e. The Hall–Kier alpha value is -3.26. The van der Waals surface area contributed by atoms with Gasteiger partial charge < -0.3 is 15.0 Å². The predicted molar refractivity (Wildman–Crippen MR) is 121 cm³/mol. The van der Waals surface area contributed by atoms with E-state index in [-0.39, 0.29) is 18.3 Å². The van der Waals surface area contributed by atoms with E-state index in [0.717, 1.165) is 17.1 Å². The van der Waals surface area contributed by atoms with Gasteiger partial charge in [-0.15, -0.1) is 16.8 Å². The van der Waals surface area contributed by atoms with Gasteiger partial charge in [0.15, 0.2) is 11.0 Å². The van der Waals surface area contributed by atoms with Crippen molar-refractivity contribution in [2.24, 2.45) is 0 Å². The van der Waals surface area contributed by atoms with E-state index in [2.05, 4.69) is 22.1 Å². The van der Waals surface area contributed by atoms with E-state index in [9.17, 15) is 4.79 Å². The van der Waals surface area contributed by atoms with Crippen molar-refractivity contribution in [2.75, 3.05) is 30.1 Å². The zero-order valence-corrected chi connectivity index (χ0v) is 17.9. The number of amides is 1. The summed E-state index contributed by atoms with van der Waals surface area (Å²) in [6.45, 7) is 4.62. The fourth-order valence-electron chi connectivity index (χ4n) is 2.68. The number of nitrogens with zero attached hydrogens (tertiary/aromatic N) is 4. The number of ether oxygens (including phenoxy) is 1. The molecule has 0 spiro atoms. The Labute approximate surface area is 180 Å². The van der Waals surface area contributed by atoms with Crippen LogP contribution in [0.3, 0.4) is 0 Å². The number of carbonyl (C=O) groups excluding carboxylic acids is 1. The van der Waals surface area contributed by atoms with Crippen LogP contribution in [0.5, 0.6) is 5.75 Å². The minimum atomic E-state index is -0.104. The van der Waals surface area contributed by atoms with Crippen molar-refractivity contribution in [2.45, 2.75) is 18.3 Å². The van der Waals surface area contributed by atoms with Crippen LogP contribution in [0.4, 0.5) is 11.4 Å². The molecule has 3 aromatic rings. The van der Waals surface area contributed by atoms with Gasteiger partial charge in [-0.25, -0.2) is 0 Å². The predicted octanol–water partition coefficient (Wildman–Crippen LogP) is 3.84. The van der Waals surface area contributed by atoms with Crippen LogP contribution in [0, 0.1) is 0 Å². The molecule has 0 atom stereocenters. The van der Waals surface area contributed by atoms with E-state index >= 15 is 0 Å². The summed E-state index contributed by atoms with van der Waals surface area (Å²) in [7, 11) is 3.95. The Kier molecular flexibility index (Phi) is 7.51. The number of thioether (sulfide) groups is 1. The molecule has 1 heterocycles. The van der Waals surface area contributed by atoms with Gasteiger partial charge in [-0.3, -0.25) is 9.36 Å². The topological polar surface area (TPSA) is 72.3 Å². The zero-order chi connectivity index (χ0) is 21.3. The van der Waals surface area contributed by atoms with Crippen molar-refractivity contribution in [1.29, 1.82) is 0 Å². The molecule has 3 rings (SSSR count). The third-order valence-corrected chi connectivity index (χ3v) is 5.18. The van der Waals surface area contributed by atoms with Crippen LogP contribution >= 0.6 is 11.8 Å². The highest BCUT2D eigenvalue weighted by Gasteiger charge is 2.14. The lowest BCUT2D eigenvalue weighted by molar-refractivity contribution is -0.113. The Bertz CT molecular complexity index is 971. The SMILES string of the molecule is C=CCn1c(COc2ccccc2)nnc1SCC(=O)Nc1ccc(N(C)C)cc1. The summed E-state index contributed by atoms with van der Waals surface area (Å²) in [5, 5.41) is 12.0. The summed E-state index contributed by atoms with van der Waals surface area (Å²) in [5.74, 6) is 1.57. The Morgan fingerprint density at radius 1 is 1.17 bits per heavy atom. The van der Waals surface area contributed by atoms with E-state index < -0.39 is 0 Å². The van der Waals surface area contributed by atoms with Gasteiger partial charge in [0.25, 0.3) is 0 Å². The maximum absolute atomic E-state index is 12.3. The number of aromatic nitrogens is 3. The molecular weight excluding hydrogens is 398 g/mol. The fraction of sp³-hybridized carbons (Fsp3) is 0.227. The molecule has 0 radical (unpaired) electrons. The normalized spacial score (nSPS) is 10.5. The molecule has 0 aliphatic rings. The van der Waals surface area contributed by atoms with Gasteiger partial charge in [-0.2, -0.15) is 0 Å². The number of nitrogens with one attached hydrogen (secondary N) is 1. The number of hydrogen-bond donors (Lipinski definition) is 1. The van der Waals surface area contributed by atoms with E-state index in [1.165, 1.54) is 11.8 Å². The van der Waals surface area contributed by atoms with E-state index in [1.54, 1.807) is 6.08 Å². The lowest BCUT2D eigenvalue weighted by atomic mass is 10.2. The van der Waals surface area contributed by atoms with Gasteiger partial charge in [0.1, 0.15) is 12.4 Å². The highest BCUT2D eigenvalue weighted by atomic mass is 32.2. The second-order valence-electron chi connectivity index (χ2n) is 6.68. The maximum Gasteiger partial charge on any atom is 0.234 e. The molecule has 0 saturated heterocycles. The van der Waals surface area contributed by atoms with Crippen molar-refractivity contribution < 1.29 is 9.53 Å². The summed E-state index contributed by atoms with van der Waals surface area (Å²) < 4.78 is 7.68. The van der Waals surface area contributed by atoms with Crippen LogP contribution in [-0.2, 0) is 17.9 Å². The first-order valence-corrected chi connectivity index (χ1v) is 10.5. The minimum absolute atomic E-state index is 0.104. The summed E-state index contributed by atoms with van der Waals surface area (Å²) in [4.78, 5) is 14.4. The monoisotopic (exact) mass is 423 g/mol. The quantitative estimate of drug-likeness (QED) is 0.395. The van der Waals surface area contributed by atoms with Crippen LogP contribution in [0.1, 0.15) is 5.82 Å². The number of para-hydroxylation sites is 1. The van der Waals surface area contributed by atoms with Crippen molar-refractivity contribution in [3.05, 3.63) is 73.1 Å². The van der Waals surface area contributed by atoms with E-state index in [4.69, 9.17) is 4.74 Å². The largest absolute Gasteiger partial charge is 0.486 e. The molecule has 7 nitrogen and oxygen atoms in total. The van der Waals surface area contributed by atoms with Gasteiger partial charge in [0.05, 0.1) is 5.75 Å². The lowest BCUT2D eigenvalue weighted by Crippen LogP contribution is -2.15. The van der Waals surface area contributed by atoms with Crippen LogP contribution < -0.4 is 15.0 Å². The van der Waals surface area contributed by atoms with Crippen LogP contribution in [0.2, 0.25) is 0 Å². The highest BCUT2D eigenvalue weighted by molar-refractivity contribution is 7.99. The highest BCUT2D eigenvalue weighted by Crippen LogP contribution is 2.20. The third-order valence-electron chi connectivity index (χ3n) is 4.22. The third kappa shape index (κ3) is 5.87. The number of carbonyl (C=O) groups is 1. The lowest BCUT2D eigenvalue weighted by Gasteiger charge is -2.13. The van der Waals surface area contributed by atoms with Crippen molar-refractivity contribution in [3.8, 4) is 5.75 Å². The standard InChI is InChI=1S/C22H25N5O2S/c1-4-14-27-20(15-29-19-8-6-5-7-9-19)24-25-22(27)30-16-21(28)23-17-10-12-18(13-11-17)26(2)3/h4-13H,1,14-16H2,2-3H3,(H,23,28). The van der Waals surface area contributed by atoms with E-state index in [0.29, 0.717) is 17.5 Å². The van der Waals surface area contributed by atoms with Crippen molar-refractivity contribution >= 4 is 29.0 Å². The molecule has 0 fully saturated rings. The number of benzene rings is 2. The van der Waals surface area contributed by atoms with E-state index in [1.807, 2.05) is 78.2 Å². The first-order chi connectivity index (χ1) is 14.6. The molecule has 8 heteroatoms. The van der Waals surface area contributed by atoms with Crippen molar-refractivity contribution in [1.82, 2.24) is 14.8 Å². The Morgan fingerprint density at radius 2 is 1.90 bits per heavy atom. The van der Waals surface area contributed by atoms with Gasteiger partial charge >= 0.3 is 0 Å². The summed E-state index contributed by atoms with van der Waals surface area (Å²) in [5.41, 5.74) is 1.83. The molecule has 0 unspecified atom stereocenters. The average molecular weight is 424 g/mol. The molecule has 156 valence electrons. The molecular formula is C22H25N5O2S. The molecule has 1 aromatic heterocycles. The van der Waals surface area contributed by atoms with Gasteiger partial charge in [0, 0.05) is 32.0 Å². The molecule has 30 heavy (non-hydrogen) atoms. The van der Waals surface area contributed by atoms with Gasteiger partial charge in [-0.05, 0) is 36.4 Å². The second-order valence-corrected chi connectivity index (χ2v) is 7.62. The first kappa shape index (κ1) is 21.4. The summed E-state index contributed by atoms with van der Waals surface area (Å²) >= 11 is 1.33. The number of rotatable bonds is 10. The summed E-state index contributed by atoms with van der Waals surface area (Å²) in [6, 6.07) is 17.2. The molecule has 0 bridgehead atoms. The number of anilines is 2. The second kappa shape index (κ2) is 10.5. The van der Waals surface area contributed by atoms with Crippen LogP contribution in [0.15, 0.2) is 72.4 Å². The Morgan fingerprint density at radius 3 is 2.57 bits per heavy atom. The molecule has 0 aliphatic heterocycles. The summed E-state index contributed by atoms with van der Waals surface area (Å²) in [6.07, 6.45) is 1.77. The molecule has 1 N–H and O–H groups in total. The smallest absolute Gasteiger partial charge is 0.234 e. The molecule has 2 aromatic carbocycles. The first-order valence-electron chi connectivity index (χ1n) is 9.47. The zero-order valence-electron chi connectivity index (χ0n) is 17.1. The average Bonchev–Trinajstić information content (AvgIpc) is 3.14. The van der Waals surface area contributed by atoms with Crippen molar-refractivity contribution in [3.63, 3.8) is 0 Å². The van der Waals surface area contributed by atoms with Crippen LogP contribution in [-0.4, -0.2) is 40.5 Å². The molecule has 1 amide bonds. The van der Waals surface area contributed by atoms with Gasteiger partial charge in [0.2, 0.25) is 5.91 Å². The molecule has 0 aliphatic carbocycles.